The Kier molecular flexibility index (Phi) is 3.15. The van der Waals surface area contributed by atoms with Gasteiger partial charge in [-0.25, -0.2) is 0 Å². The predicted molar refractivity (Wildman–Crippen MR) is 65.3 cm³/mol. The normalized spacial score (nSPS) is 10.4. The van der Waals surface area contributed by atoms with E-state index in [1.54, 1.807) is 6.26 Å². The lowest BCUT2D eigenvalue weighted by molar-refractivity contribution is 0.560. The van der Waals surface area contributed by atoms with Crippen LogP contribution in [0.1, 0.15) is 11.3 Å². The number of aromatic nitrogens is 1. The van der Waals surface area contributed by atoms with Crippen LogP contribution in [0.5, 0.6) is 0 Å². The van der Waals surface area contributed by atoms with Gasteiger partial charge in [0, 0.05) is 12.7 Å². The number of hydrogen-bond acceptors (Lipinski definition) is 3. The zero-order chi connectivity index (χ0) is 11.5. The Morgan fingerprint density at radius 3 is 2.75 bits per heavy atom. The zero-order valence-electron chi connectivity index (χ0n) is 9.27. The Morgan fingerprint density at radius 2 is 2.12 bits per heavy atom. The van der Waals surface area contributed by atoms with Gasteiger partial charge in [0.05, 0.1) is 11.6 Å². The molecule has 1 heterocycles. The first-order valence-corrected chi connectivity index (χ1v) is 5.55. The van der Waals surface area contributed by atoms with Gasteiger partial charge in [-0.1, -0.05) is 18.2 Å². The molecule has 0 saturated carbocycles. The second-order valence-corrected chi connectivity index (χ2v) is 3.87. The molecule has 0 aliphatic heterocycles. The molecule has 2 aromatic rings. The van der Waals surface area contributed by atoms with Crippen LogP contribution in [-0.2, 0) is 5.88 Å². The minimum absolute atomic E-state index is 0.366. The van der Waals surface area contributed by atoms with E-state index in [1.165, 1.54) is 5.56 Å². The van der Waals surface area contributed by atoms with Crippen molar-refractivity contribution in [3.8, 4) is 0 Å². The van der Waals surface area contributed by atoms with Gasteiger partial charge in [0.25, 0.3) is 0 Å². The number of nitrogens with zero attached hydrogens (tertiary/aromatic N) is 2. The van der Waals surface area contributed by atoms with E-state index in [-0.39, 0.29) is 0 Å². The first-order valence-electron chi connectivity index (χ1n) is 5.02. The lowest BCUT2D eigenvalue weighted by atomic mass is 10.2. The summed E-state index contributed by atoms with van der Waals surface area (Å²) in [6.45, 7) is 2.05. The largest absolute Gasteiger partial charge is 0.431 e. The summed E-state index contributed by atoms with van der Waals surface area (Å²) in [6, 6.07) is 8.64. The first-order chi connectivity index (χ1) is 7.72. The summed E-state index contributed by atoms with van der Waals surface area (Å²) < 4.78 is 5.36. The fourth-order valence-corrected chi connectivity index (χ4v) is 1.68. The van der Waals surface area contributed by atoms with E-state index in [0.717, 1.165) is 11.4 Å². The van der Waals surface area contributed by atoms with Gasteiger partial charge in [-0.2, -0.15) is 4.98 Å². The second-order valence-electron chi connectivity index (χ2n) is 3.60. The Labute approximate surface area is 99.7 Å². The van der Waals surface area contributed by atoms with Crippen molar-refractivity contribution in [2.24, 2.45) is 0 Å². The molecule has 0 saturated heterocycles. The molecule has 0 fully saturated rings. The Hall–Kier alpha value is -1.48. The van der Waals surface area contributed by atoms with Crippen molar-refractivity contribution in [3.05, 3.63) is 41.8 Å². The van der Waals surface area contributed by atoms with Gasteiger partial charge in [0.15, 0.2) is 0 Å². The average molecular weight is 237 g/mol. The van der Waals surface area contributed by atoms with Crippen molar-refractivity contribution in [2.45, 2.75) is 12.8 Å². The molecular formula is C12H13ClN2O. The van der Waals surface area contributed by atoms with Crippen LogP contribution in [-0.4, -0.2) is 12.0 Å². The maximum absolute atomic E-state index is 5.68. The van der Waals surface area contributed by atoms with Gasteiger partial charge in [-0.05, 0) is 18.6 Å². The molecule has 84 valence electrons. The first kappa shape index (κ1) is 11.0. The van der Waals surface area contributed by atoms with E-state index in [2.05, 4.69) is 18.0 Å². The predicted octanol–water partition coefficient (Wildman–Crippen LogP) is 3.49. The van der Waals surface area contributed by atoms with Gasteiger partial charge in [-0.3, -0.25) is 4.90 Å². The molecule has 1 aromatic carbocycles. The number of halogens is 1. The van der Waals surface area contributed by atoms with Gasteiger partial charge in [-0.15, -0.1) is 11.6 Å². The van der Waals surface area contributed by atoms with Crippen molar-refractivity contribution in [3.63, 3.8) is 0 Å². The maximum Gasteiger partial charge on any atom is 0.301 e. The Bertz CT molecular complexity index is 481. The fraction of sp³-hybridized carbons (Fsp3) is 0.250. The molecule has 0 bridgehead atoms. The maximum atomic E-state index is 5.68. The molecule has 2 rings (SSSR count). The molecule has 0 spiro atoms. The number of alkyl halides is 1. The van der Waals surface area contributed by atoms with Gasteiger partial charge in [0.1, 0.15) is 6.26 Å². The van der Waals surface area contributed by atoms with E-state index >= 15 is 0 Å². The third-order valence-electron chi connectivity index (χ3n) is 2.44. The molecule has 0 unspecified atom stereocenters. The molecule has 4 heteroatoms. The molecule has 0 N–H and O–H groups in total. The quantitative estimate of drug-likeness (QED) is 0.764. The molecule has 0 aliphatic carbocycles. The SMILES string of the molecule is Cc1ccccc1N(C)c1nc(CCl)co1. The topological polar surface area (TPSA) is 29.3 Å². The lowest BCUT2D eigenvalue weighted by Crippen LogP contribution is -2.11. The number of anilines is 2. The summed E-state index contributed by atoms with van der Waals surface area (Å²) in [7, 11) is 1.92. The number of benzene rings is 1. The second kappa shape index (κ2) is 4.58. The van der Waals surface area contributed by atoms with Gasteiger partial charge < -0.3 is 4.42 Å². The molecule has 1 aromatic heterocycles. The third-order valence-corrected chi connectivity index (χ3v) is 2.71. The van der Waals surface area contributed by atoms with E-state index in [1.807, 2.05) is 30.1 Å². The zero-order valence-corrected chi connectivity index (χ0v) is 10.0. The van der Waals surface area contributed by atoms with Crippen LogP contribution in [0.25, 0.3) is 0 Å². The number of aryl methyl sites for hydroxylation is 1. The van der Waals surface area contributed by atoms with Crippen LogP contribution in [0.3, 0.4) is 0 Å². The third kappa shape index (κ3) is 2.04. The molecule has 0 amide bonds. The van der Waals surface area contributed by atoms with Crippen LogP contribution >= 0.6 is 11.6 Å². The van der Waals surface area contributed by atoms with E-state index in [4.69, 9.17) is 16.0 Å². The van der Waals surface area contributed by atoms with Crippen molar-refractivity contribution >= 4 is 23.3 Å². The van der Waals surface area contributed by atoms with Crippen molar-refractivity contribution in [1.82, 2.24) is 4.98 Å². The van der Waals surface area contributed by atoms with Crippen molar-refractivity contribution in [2.75, 3.05) is 11.9 Å². The number of rotatable bonds is 3. The highest BCUT2D eigenvalue weighted by Gasteiger charge is 2.11. The van der Waals surface area contributed by atoms with Crippen LogP contribution in [0.2, 0.25) is 0 Å². The highest BCUT2D eigenvalue weighted by molar-refractivity contribution is 6.16. The highest BCUT2D eigenvalue weighted by atomic mass is 35.5. The number of para-hydroxylation sites is 1. The Balaban J connectivity index is 2.31. The Morgan fingerprint density at radius 1 is 1.38 bits per heavy atom. The van der Waals surface area contributed by atoms with Crippen molar-refractivity contribution < 1.29 is 4.42 Å². The standard InChI is InChI=1S/C12H13ClN2O/c1-9-5-3-4-6-11(9)15(2)12-14-10(7-13)8-16-12/h3-6,8H,7H2,1-2H3. The van der Waals surface area contributed by atoms with Crippen LogP contribution in [0.4, 0.5) is 11.7 Å². The minimum atomic E-state index is 0.366. The summed E-state index contributed by atoms with van der Waals surface area (Å²) in [5.41, 5.74) is 3.00. The summed E-state index contributed by atoms with van der Waals surface area (Å²) in [5, 5.41) is 0. The summed E-state index contributed by atoms with van der Waals surface area (Å²) >= 11 is 5.68. The van der Waals surface area contributed by atoms with Gasteiger partial charge in [0.2, 0.25) is 0 Å². The molecule has 0 aliphatic rings. The summed E-state index contributed by atoms with van der Waals surface area (Å²) in [5.74, 6) is 0.366. The fourth-order valence-electron chi connectivity index (χ4n) is 1.55. The monoisotopic (exact) mass is 236 g/mol. The minimum Gasteiger partial charge on any atom is -0.431 e. The van der Waals surface area contributed by atoms with E-state index < -0.39 is 0 Å². The van der Waals surface area contributed by atoms with Crippen LogP contribution in [0, 0.1) is 6.92 Å². The van der Waals surface area contributed by atoms with E-state index in [0.29, 0.717) is 11.9 Å². The summed E-state index contributed by atoms with van der Waals surface area (Å²) in [4.78, 5) is 6.18. The lowest BCUT2D eigenvalue weighted by Gasteiger charge is -2.16. The summed E-state index contributed by atoms with van der Waals surface area (Å²) in [6.07, 6.45) is 1.58. The molecule has 0 radical (unpaired) electrons. The van der Waals surface area contributed by atoms with E-state index in [9.17, 15) is 0 Å². The number of hydrogen-bond donors (Lipinski definition) is 0. The number of oxazole rings is 1. The molecular weight excluding hydrogens is 224 g/mol. The van der Waals surface area contributed by atoms with Gasteiger partial charge >= 0.3 is 6.01 Å². The van der Waals surface area contributed by atoms with Crippen LogP contribution in [0.15, 0.2) is 34.9 Å². The average Bonchev–Trinajstić information content (AvgIpc) is 2.77. The molecule has 0 atom stereocenters. The molecule has 3 nitrogen and oxygen atoms in total. The highest BCUT2D eigenvalue weighted by Crippen LogP contribution is 2.25. The van der Waals surface area contributed by atoms with Crippen LogP contribution < -0.4 is 4.90 Å². The molecule has 16 heavy (non-hydrogen) atoms. The van der Waals surface area contributed by atoms with Crippen molar-refractivity contribution in [1.29, 1.82) is 0 Å². The smallest absolute Gasteiger partial charge is 0.301 e.